The molecule has 2 aromatic carbocycles. The molecule has 4 heteroatoms. The fraction of sp³-hybridized carbons (Fsp3) is 0.188. The number of methoxy groups -OCH3 is 1. The number of nitrogens with two attached hydrogens (primary N) is 1. The molecule has 1 aromatic heterocycles. The van der Waals surface area contributed by atoms with Gasteiger partial charge in [0.05, 0.1) is 7.11 Å². The number of hydrogen-bond donors (Lipinski definition) is 1. The van der Waals surface area contributed by atoms with Gasteiger partial charge in [-0.15, -0.1) is 0 Å². The number of benzene rings is 2. The second kappa shape index (κ2) is 4.56. The van der Waals surface area contributed by atoms with Crippen molar-refractivity contribution in [3.8, 4) is 17.0 Å². The highest BCUT2D eigenvalue weighted by atomic mass is 16.5. The second-order valence-electron chi connectivity index (χ2n) is 4.81. The van der Waals surface area contributed by atoms with Crippen molar-refractivity contribution in [3.63, 3.8) is 0 Å². The standard InChI is InChI=1S/C16H17N3O/c1-10-18-15(16(17)19(10)2)13-8-9-14(20-3)12-7-5-4-6-11(12)13/h4-9H,17H2,1-3H3. The molecule has 102 valence electrons. The maximum Gasteiger partial charge on any atom is 0.131 e. The number of hydrogen-bond acceptors (Lipinski definition) is 3. The number of fused-ring (bicyclic) bond motifs is 1. The maximum absolute atomic E-state index is 6.17. The van der Waals surface area contributed by atoms with Crippen LogP contribution in [0, 0.1) is 6.92 Å². The summed E-state index contributed by atoms with van der Waals surface area (Å²) in [6.45, 7) is 1.95. The molecule has 0 aliphatic carbocycles. The minimum absolute atomic E-state index is 0.679. The molecular weight excluding hydrogens is 250 g/mol. The van der Waals surface area contributed by atoms with Crippen LogP contribution in [-0.4, -0.2) is 16.7 Å². The molecule has 0 atom stereocenters. The third-order valence-corrected chi connectivity index (χ3v) is 3.72. The third kappa shape index (κ3) is 1.72. The van der Waals surface area contributed by atoms with E-state index in [9.17, 15) is 0 Å². The SMILES string of the molecule is COc1ccc(-c2nc(C)n(C)c2N)c2ccccc12. The van der Waals surface area contributed by atoms with Crippen LogP contribution in [0.3, 0.4) is 0 Å². The van der Waals surface area contributed by atoms with Crippen molar-refractivity contribution in [1.82, 2.24) is 9.55 Å². The van der Waals surface area contributed by atoms with Crippen LogP contribution in [0.25, 0.3) is 22.0 Å². The highest BCUT2D eigenvalue weighted by Crippen LogP contribution is 2.36. The summed E-state index contributed by atoms with van der Waals surface area (Å²) in [5.41, 5.74) is 8.02. The molecule has 0 aliphatic heterocycles. The Morgan fingerprint density at radius 1 is 1.10 bits per heavy atom. The molecule has 0 unspecified atom stereocenters. The van der Waals surface area contributed by atoms with Gasteiger partial charge in [-0.05, 0) is 24.4 Å². The van der Waals surface area contributed by atoms with Crippen LogP contribution in [0.1, 0.15) is 5.82 Å². The van der Waals surface area contributed by atoms with Gasteiger partial charge in [-0.1, -0.05) is 24.3 Å². The van der Waals surface area contributed by atoms with Gasteiger partial charge in [-0.25, -0.2) is 4.98 Å². The Hall–Kier alpha value is -2.49. The molecule has 2 N–H and O–H groups in total. The quantitative estimate of drug-likeness (QED) is 0.776. The lowest BCUT2D eigenvalue weighted by Gasteiger charge is -2.09. The number of ether oxygens (including phenoxy) is 1. The van der Waals surface area contributed by atoms with Gasteiger partial charge in [0, 0.05) is 18.0 Å². The predicted octanol–water partition coefficient (Wildman–Crippen LogP) is 3.14. The average molecular weight is 267 g/mol. The molecule has 3 aromatic rings. The van der Waals surface area contributed by atoms with Crippen LogP contribution in [0.2, 0.25) is 0 Å². The Bertz CT molecular complexity index is 790. The molecule has 3 rings (SSSR count). The van der Waals surface area contributed by atoms with Crippen LogP contribution in [0.5, 0.6) is 5.75 Å². The normalized spacial score (nSPS) is 10.9. The van der Waals surface area contributed by atoms with Gasteiger partial charge in [-0.3, -0.25) is 0 Å². The maximum atomic E-state index is 6.17. The van der Waals surface area contributed by atoms with E-state index in [2.05, 4.69) is 11.1 Å². The number of nitrogens with zero attached hydrogens (tertiary/aromatic N) is 2. The molecule has 20 heavy (non-hydrogen) atoms. The van der Waals surface area contributed by atoms with Gasteiger partial charge < -0.3 is 15.0 Å². The Kier molecular flexibility index (Phi) is 2.86. The van der Waals surface area contributed by atoms with Crippen molar-refractivity contribution >= 4 is 16.6 Å². The lowest BCUT2D eigenvalue weighted by molar-refractivity contribution is 0.420. The summed E-state index contributed by atoms with van der Waals surface area (Å²) in [4.78, 5) is 4.58. The van der Waals surface area contributed by atoms with E-state index in [1.807, 2.05) is 48.9 Å². The minimum atomic E-state index is 0.679. The molecule has 0 bridgehead atoms. The Morgan fingerprint density at radius 3 is 2.40 bits per heavy atom. The molecule has 0 radical (unpaired) electrons. The Labute approximate surface area is 117 Å². The van der Waals surface area contributed by atoms with E-state index >= 15 is 0 Å². The summed E-state index contributed by atoms with van der Waals surface area (Å²) in [5.74, 6) is 2.44. The number of aromatic nitrogens is 2. The number of anilines is 1. The van der Waals surface area contributed by atoms with Gasteiger partial charge in [0.2, 0.25) is 0 Å². The third-order valence-electron chi connectivity index (χ3n) is 3.72. The van der Waals surface area contributed by atoms with E-state index in [0.29, 0.717) is 5.82 Å². The summed E-state index contributed by atoms with van der Waals surface area (Å²) in [5, 5.41) is 2.16. The highest BCUT2D eigenvalue weighted by Gasteiger charge is 2.15. The fourth-order valence-electron chi connectivity index (χ4n) is 2.48. The van der Waals surface area contributed by atoms with Crippen molar-refractivity contribution in [1.29, 1.82) is 0 Å². The summed E-state index contributed by atoms with van der Waals surface area (Å²) in [7, 11) is 3.60. The topological polar surface area (TPSA) is 53.1 Å². The molecule has 0 saturated heterocycles. The largest absolute Gasteiger partial charge is 0.496 e. The van der Waals surface area contributed by atoms with E-state index in [1.165, 1.54) is 0 Å². The lowest BCUT2D eigenvalue weighted by atomic mass is 10.0. The predicted molar refractivity (Wildman–Crippen MR) is 81.9 cm³/mol. The molecular formula is C16H17N3O. The van der Waals surface area contributed by atoms with E-state index in [1.54, 1.807) is 7.11 Å². The Morgan fingerprint density at radius 2 is 1.80 bits per heavy atom. The van der Waals surface area contributed by atoms with Crippen LogP contribution in [-0.2, 0) is 7.05 Å². The monoisotopic (exact) mass is 267 g/mol. The van der Waals surface area contributed by atoms with Crippen LogP contribution in [0.15, 0.2) is 36.4 Å². The first-order valence-corrected chi connectivity index (χ1v) is 6.48. The van der Waals surface area contributed by atoms with Crippen molar-refractivity contribution in [2.45, 2.75) is 6.92 Å². The molecule has 0 amide bonds. The van der Waals surface area contributed by atoms with Crippen LogP contribution >= 0.6 is 0 Å². The number of aryl methyl sites for hydroxylation is 1. The van der Waals surface area contributed by atoms with E-state index < -0.39 is 0 Å². The van der Waals surface area contributed by atoms with Crippen molar-refractivity contribution in [3.05, 3.63) is 42.2 Å². The van der Waals surface area contributed by atoms with Crippen LogP contribution < -0.4 is 10.5 Å². The van der Waals surface area contributed by atoms with Crippen molar-refractivity contribution < 1.29 is 4.74 Å². The second-order valence-corrected chi connectivity index (χ2v) is 4.81. The average Bonchev–Trinajstić information content (AvgIpc) is 2.73. The molecule has 4 nitrogen and oxygen atoms in total. The first-order valence-electron chi connectivity index (χ1n) is 6.48. The summed E-state index contributed by atoms with van der Waals surface area (Å²) >= 11 is 0. The highest BCUT2D eigenvalue weighted by molar-refractivity contribution is 6.01. The van der Waals surface area contributed by atoms with Gasteiger partial charge in [0.1, 0.15) is 23.1 Å². The summed E-state index contributed by atoms with van der Waals surface area (Å²) in [6, 6.07) is 12.1. The number of nitrogen functional groups attached to an aromatic ring is 1. The number of rotatable bonds is 2. The molecule has 0 spiro atoms. The molecule has 0 saturated carbocycles. The zero-order valence-corrected chi connectivity index (χ0v) is 11.8. The van der Waals surface area contributed by atoms with E-state index in [4.69, 9.17) is 10.5 Å². The van der Waals surface area contributed by atoms with Gasteiger partial charge in [0.15, 0.2) is 0 Å². The van der Waals surface area contributed by atoms with Crippen LogP contribution in [0.4, 0.5) is 5.82 Å². The van der Waals surface area contributed by atoms with Gasteiger partial charge in [-0.2, -0.15) is 0 Å². The van der Waals surface area contributed by atoms with E-state index in [0.717, 1.165) is 33.6 Å². The summed E-state index contributed by atoms with van der Waals surface area (Å²) in [6.07, 6.45) is 0. The summed E-state index contributed by atoms with van der Waals surface area (Å²) < 4.78 is 7.32. The Balaban J connectivity index is 2.35. The lowest BCUT2D eigenvalue weighted by Crippen LogP contribution is -1.98. The van der Waals surface area contributed by atoms with Crippen molar-refractivity contribution in [2.75, 3.05) is 12.8 Å². The minimum Gasteiger partial charge on any atom is -0.496 e. The van der Waals surface area contributed by atoms with E-state index in [-0.39, 0.29) is 0 Å². The molecule has 1 heterocycles. The first-order chi connectivity index (χ1) is 9.63. The molecule has 0 aliphatic rings. The smallest absolute Gasteiger partial charge is 0.131 e. The van der Waals surface area contributed by atoms with Crippen molar-refractivity contribution in [2.24, 2.45) is 7.05 Å². The molecule has 0 fully saturated rings. The van der Waals surface area contributed by atoms with Gasteiger partial charge >= 0.3 is 0 Å². The number of imidazole rings is 1. The first kappa shape index (κ1) is 12.5. The fourth-order valence-corrected chi connectivity index (χ4v) is 2.48. The zero-order chi connectivity index (χ0) is 14.3. The van der Waals surface area contributed by atoms with Gasteiger partial charge in [0.25, 0.3) is 0 Å². The zero-order valence-electron chi connectivity index (χ0n) is 11.8.